The lowest BCUT2D eigenvalue weighted by Gasteiger charge is -2.17. The Hall–Kier alpha value is -2.46. The zero-order valence-electron chi connectivity index (χ0n) is 11.6. The molecule has 2 heterocycles. The Kier molecular flexibility index (Phi) is 3.79. The van der Waals surface area contributed by atoms with Crippen molar-refractivity contribution in [2.24, 2.45) is 0 Å². The van der Waals surface area contributed by atoms with Gasteiger partial charge in [0, 0.05) is 29.9 Å². The number of aromatic nitrogens is 1. The molecule has 0 bridgehead atoms. The predicted octanol–water partition coefficient (Wildman–Crippen LogP) is 4.09. The van der Waals surface area contributed by atoms with E-state index >= 15 is 0 Å². The molecule has 0 radical (unpaired) electrons. The molecule has 0 aliphatic heterocycles. The van der Waals surface area contributed by atoms with Crippen LogP contribution in [-0.2, 0) is 0 Å². The Morgan fingerprint density at radius 2 is 1.90 bits per heavy atom. The number of nitrogens with zero attached hydrogens (tertiary/aromatic N) is 2. The van der Waals surface area contributed by atoms with E-state index in [0.717, 1.165) is 16.9 Å². The maximum absolute atomic E-state index is 12.4. The standard InChI is InChI=1S/C17H14N2OS/c1-19(15-5-3-2-4-6-15)17(20)13-7-8-16(18-11-13)14-9-10-21-12-14/h2-12H,1H3. The summed E-state index contributed by atoms with van der Waals surface area (Å²) in [7, 11) is 1.77. The Balaban J connectivity index is 1.82. The number of thiophene rings is 1. The number of rotatable bonds is 3. The van der Waals surface area contributed by atoms with E-state index in [1.165, 1.54) is 0 Å². The summed E-state index contributed by atoms with van der Waals surface area (Å²) in [5, 5.41) is 4.05. The van der Waals surface area contributed by atoms with Crippen LogP contribution in [0.15, 0.2) is 65.5 Å². The minimum atomic E-state index is -0.0643. The van der Waals surface area contributed by atoms with Crippen LogP contribution in [0.25, 0.3) is 11.3 Å². The summed E-state index contributed by atoms with van der Waals surface area (Å²) in [6.07, 6.45) is 1.63. The van der Waals surface area contributed by atoms with E-state index in [1.807, 2.05) is 59.3 Å². The van der Waals surface area contributed by atoms with Crippen molar-refractivity contribution in [2.45, 2.75) is 0 Å². The van der Waals surface area contributed by atoms with E-state index in [4.69, 9.17) is 0 Å². The molecule has 3 rings (SSSR count). The summed E-state index contributed by atoms with van der Waals surface area (Å²) >= 11 is 1.63. The highest BCUT2D eigenvalue weighted by atomic mass is 32.1. The van der Waals surface area contributed by atoms with Crippen LogP contribution in [0, 0.1) is 0 Å². The van der Waals surface area contributed by atoms with E-state index in [9.17, 15) is 4.79 Å². The summed E-state index contributed by atoms with van der Waals surface area (Å²) in [4.78, 5) is 18.4. The van der Waals surface area contributed by atoms with Gasteiger partial charge in [0.2, 0.25) is 0 Å². The quantitative estimate of drug-likeness (QED) is 0.729. The highest BCUT2D eigenvalue weighted by Gasteiger charge is 2.13. The van der Waals surface area contributed by atoms with Crippen LogP contribution in [0.4, 0.5) is 5.69 Å². The molecule has 0 saturated heterocycles. The zero-order chi connectivity index (χ0) is 14.7. The maximum Gasteiger partial charge on any atom is 0.259 e. The molecule has 0 fully saturated rings. The van der Waals surface area contributed by atoms with Gasteiger partial charge in [-0.3, -0.25) is 9.78 Å². The van der Waals surface area contributed by atoms with Gasteiger partial charge in [0.15, 0.2) is 0 Å². The van der Waals surface area contributed by atoms with Gasteiger partial charge in [0.25, 0.3) is 5.91 Å². The number of pyridine rings is 1. The zero-order valence-corrected chi connectivity index (χ0v) is 12.4. The van der Waals surface area contributed by atoms with Crippen molar-refractivity contribution in [3.63, 3.8) is 0 Å². The lowest BCUT2D eigenvalue weighted by atomic mass is 10.1. The predicted molar refractivity (Wildman–Crippen MR) is 86.7 cm³/mol. The number of carbonyl (C=O) groups is 1. The lowest BCUT2D eigenvalue weighted by molar-refractivity contribution is 0.0992. The molecule has 104 valence electrons. The van der Waals surface area contributed by atoms with Crippen LogP contribution < -0.4 is 4.90 Å². The highest BCUT2D eigenvalue weighted by molar-refractivity contribution is 7.08. The molecule has 21 heavy (non-hydrogen) atoms. The summed E-state index contributed by atoms with van der Waals surface area (Å²) in [6.45, 7) is 0. The Labute approximate surface area is 127 Å². The molecule has 0 spiro atoms. The van der Waals surface area contributed by atoms with Gasteiger partial charge >= 0.3 is 0 Å². The fraction of sp³-hybridized carbons (Fsp3) is 0.0588. The van der Waals surface area contributed by atoms with Crippen LogP contribution in [-0.4, -0.2) is 17.9 Å². The summed E-state index contributed by atoms with van der Waals surface area (Å²) in [5.74, 6) is -0.0643. The summed E-state index contributed by atoms with van der Waals surface area (Å²) < 4.78 is 0. The number of amides is 1. The highest BCUT2D eigenvalue weighted by Crippen LogP contribution is 2.21. The van der Waals surface area contributed by atoms with E-state index in [0.29, 0.717) is 5.56 Å². The van der Waals surface area contributed by atoms with Gasteiger partial charge in [0.05, 0.1) is 11.3 Å². The Morgan fingerprint density at radius 1 is 1.10 bits per heavy atom. The third-order valence-electron chi connectivity index (χ3n) is 3.28. The fourth-order valence-corrected chi connectivity index (χ4v) is 2.71. The monoisotopic (exact) mass is 294 g/mol. The van der Waals surface area contributed by atoms with E-state index < -0.39 is 0 Å². The van der Waals surface area contributed by atoms with Crippen LogP contribution in [0.5, 0.6) is 0 Å². The van der Waals surface area contributed by atoms with Crippen molar-refractivity contribution in [3.8, 4) is 11.3 Å². The molecule has 0 aliphatic carbocycles. The number of para-hydroxylation sites is 1. The minimum absolute atomic E-state index is 0.0643. The molecule has 0 atom stereocenters. The van der Waals surface area contributed by atoms with Gasteiger partial charge in [-0.15, -0.1) is 0 Å². The largest absolute Gasteiger partial charge is 0.311 e. The fourth-order valence-electron chi connectivity index (χ4n) is 2.06. The molecule has 3 nitrogen and oxygen atoms in total. The van der Waals surface area contributed by atoms with Crippen molar-refractivity contribution in [1.82, 2.24) is 4.98 Å². The number of hydrogen-bond donors (Lipinski definition) is 0. The van der Waals surface area contributed by atoms with E-state index in [-0.39, 0.29) is 5.91 Å². The average Bonchev–Trinajstić information content (AvgIpc) is 3.09. The first-order chi connectivity index (χ1) is 10.3. The lowest BCUT2D eigenvalue weighted by Crippen LogP contribution is -2.26. The van der Waals surface area contributed by atoms with Gasteiger partial charge in [-0.05, 0) is 35.7 Å². The van der Waals surface area contributed by atoms with Crippen LogP contribution >= 0.6 is 11.3 Å². The van der Waals surface area contributed by atoms with E-state index in [1.54, 1.807) is 29.5 Å². The van der Waals surface area contributed by atoms with Crippen molar-refractivity contribution in [2.75, 3.05) is 11.9 Å². The number of hydrogen-bond acceptors (Lipinski definition) is 3. The van der Waals surface area contributed by atoms with E-state index in [2.05, 4.69) is 4.98 Å². The summed E-state index contributed by atoms with van der Waals surface area (Å²) in [6, 6.07) is 15.3. The van der Waals surface area contributed by atoms with Crippen molar-refractivity contribution in [1.29, 1.82) is 0 Å². The topological polar surface area (TPSA) is 33.2 Å². The smallest absolute Gasteiger partial charge is 0.259 e. The number of anilines is 1. The molecule has 0 unspecified atom stereocenters. The number of carbonyl (C=O) groups excluding carboxylic acids is 1. The van der Waals surface area contributed by atoms with Gasteiger partial charge in [0.1, 0.15) is 0 Å². The maximum atomic E-state index is 12.4. The SMILES string of the molecule is CN(C(=O)c1ccc(-c2ccsc2)nc1)c1ccccc1. The van der Waals surface area contributed by atoms with Crippen molar-refractivity contribution >= 4 is 22.9 Å². The molecule has 0 saturated carbocycles. The van der Waals surface area contributed by atoms with Gasteiger partial charge in [-0.1, -0.05) is 18.2 Å². The second kappa shape index (κ2) is 5.89. The first-order valence-corrected chi connectivity index (χ1v) is 7.52. The van der Waals surface area contributed by atoms with Gasteiger partial charge < -0.3 is 4.90 Å². The molecular weight excluding hydrogens is 280 g/mol. The molecule has 2 aromatic heterocycles. The van der Waals surface area contributed by atoms with Gasteiger partial charge in [-0.2, -0.15) is 11.3 Å². The summed E-state index contributed by atoms with van der Waals surface area (Å²) in [5.41, 5.74) is 3.41. The molecular formula is C17H14N2OS. The third-order valence-corrected chi connectivity index (χ3v) is 3.96. The van der Waals surface area contributed by atoms with Crippen molar-refractivity contribution < 1.29 is 4.79 Å². The molecule has 1 amide bonds. The van der Waals surface area contributed by atoms with Crippen LogP contribution in [0.3, 0.4) is 0 Å². The first-order valence-electron chi connectivity index (χ1n) is 6.57. The van der Waals surface area contributed by atoms with Crippen molar-refractivity contribution in [3.05, 3.63) is 71.1 Å². The first kappa shape index (κ1) is 13.5. The van der Waals surface area contributed by atoms with Crippen LogP contribution in [0.2, 0.25) is 0 Å². The Morgan fingerprint density at radius 3 is 2.52 bits per heavy atom. The molecule has 0 N–H and O–H groups in total. The normalized spacial score (nSPS) is 10.3. The van der Waals surface area contributed by atoms with Gasteiger partial charge in [-0.25, -0.2) is 0 Å². The second-order valence-electron chi connectivity index (χ2n) is 4.64. The minimum Gasteiger partial charge on any atom is -0.311 e. The average molecular weight is 294 g/mol. The number of benzene rings is 1. The Bertz CT molecular complexity index is 721. The molecule has 4 heteroatoms. The second-order valence-corrected chi connectivity index (χ2v) is 5.42. The molecule has 3 aromatic rings. The van der Waals surface area contributed by atoms with Crippen LogP contribution in [0.1, 0.15) is 10.4 Å². The molecule has 0 aliphatic rings. The molecule has 1 aromatic carbocycles. The third kappa shape index (κ3) is 2.85.